The summed E-state index contributed by atoms with van der Waals surface area (Å²) in [5.41, 5.74) is 0.107. The highest BCUT2D eigenvalue weighted by Crippen LogP contribution is 2.08. The van der Waals surface area contributed by atoms with Gasteiger partial charge in [0.15, 0.2) is 0 Å². The largest absolute Gasteiger partial charge is 0.460 e. The van der Waals surface area contributed by atoms with Crippen LogP contribution in [0.4, 0.5) is 4.39 Å². The predicted molar refractivity (Wildman–Crippen MR) is 73.7 cm³/mol. The lowest BCUT2D eigenvalue weighted by atomic mass is 10.1. The molecule has 1 aromatic carbocycles. The van der Waals surface area contributed by atoms with E-state index in [0.29, 0.717) is 5.56 Å². The minimum absolute atomic E-state index is 0.259. The number of benzene rings is 1. The van der Waals surface area contributed by atoms with E-state index < -0.39 is 5.97 Å². The Labute approximate surface area is 114 Å². The molecular weight excluding hydrogens is 245 g/mol. The number of carbonyl (C=O) groups excluding carboxylic acids is 1. The summed E-state index contributed by atoms with van der Waals surface area (Å²) in [5, 5.41) is 3.34. The molecule has 106 valence electrons. The molecule has 0 unspecified atom stereocenters. The van der Waals surface area contributed by atoms with Crippen molar-refractivity contribution >= 4 is 5.97 Å². The summed E-state index contributed by atoms with van der Waals surface area (Å²) in [4.78, 5) is 11.8. The monoisotopic (exact) mass is 267 g/mol. The fraction of sp³-hybridized carbons (Fsp3) is 0.533. The Morgan fingerprint density at radius 3 is 2.53 bits per heavy atom. The number of nitrogens with one attached hydrogen (secondary N) is 1. The number of carbonyl (C=O) groups is 1. The molecule has 0 bridgehead atoms. The molecule has 0 saturated heterocycles. The number of rotatable bonds is 7. The van der Waals surface area contributed by atoms with Crippen molar-refractivity contribution in [3.63, 3.8) is 0 Å². The SMILES string of the molecule is CCCCNC(C)(C)COC(=O)c1ccc(F)cc1. The molecule has 0 saturated carbocycles. The number of ether oxygens (including phenoxy) is 1. The molecular formula is C15H22FNO2. The number of hydrogen-bond donors (Lipinski definition) is 1. The molecule has 1 N–H and O–H groups in total. The van der Waals surface area contributed by atoms with Crippen LogP contribution in [0.2, 0.25) is 0 Å². The van der Waals surface area contributed by atoms with Crippen molar-refractivity contribution in [3.05, 3.63) is 35.6 Å². The average molecular weight is 267 g/mol. The molecule has 19 heavy (non-hydrogen) atoms. The van der Waals surface area contributed by atoms with Gasteiger partial charge in [0.2, 0.25) is 0 Å². The van der Waals surface area contributed by atoms with Gasteiger partial charge in [0.25, 0.3) is 0 Å². The minimum atomic E-state index is -0.426. The van der Waals surface area contributed by atoms with Crippen LogP contribution in [-0.4, -0.2) is 24.7 Å². The molecule has 0 atom stereocenters. The van der Waals surface area contributed by atoms with Crippen molar-refractivity contribution < 1.29 is 13.9 Å². The molecule has 0 aliphatic heterocycles. The third-order valence-corrected chi connectivity index (χ3v) is 2.78. The van der Waals surface area contributed by atoms with Crippen molar-refractivity contribution in [2.75, 3.05) is 13.2 Å². The molecule has 1 rings (SSSR count). The topological polar surface area (TPSA) is 38.3 Å². The molecule has 0 aliphatic carbocycles. The van der Waals surface area contributed by atoms with Gasteiger partial charge < -0.3 is 10.1 Å². The van der Waals surface area contributed by atoms with E-state index in [1.165, 1.54) is 24.3 Å². The van der Waals surface area contributed by atoms with E-state index in [1.807, 2.05) is 13.8 Å². The highest BCUT2D eigenvalue weighted by Gasteiger charge is 2.19. The normalized spacial score (nSPS) is 11.4. The third kappa shape index (κ3) is 5.83. The summed E-state index contributed by atoms with van der Waals surface area (Å²) in [6, 6.07) is 5.35. The molecule has 0 fully saturated rings. The summed E-state index contributed by atoms with van der Waals surface area (Å²) >= 11 is 0. The van der Waals surface area contributed by atoms with Crippen LogP contribution in [0.15, 0.2) is 24.3 Å². The maximum absolute atomic E-state index is 12.7. The number of hydrogen-bond acceptors (Lipinski definition) is 3. The molecule has 0 radical (unpaired) electrons. The lowest BCUT2D eigenvalue weighted by Gasteiger charge is -2.25. The number of halogens is 1. The first-order valence-electron chi connectivity index (χ1n) is 6.62. The smallest absolute Gasteiger partial charge is 0.338 e. The van der Waals surface area contributed by atoms with Gasteiger partial charge in [0.1, 0.15) is 12.4 Å². The van der Waals surface area contributed by atoms with Crippen molar-refractivity contribution in [3.8, 4) is 0 Å². The summed E-state index contributed by atoms with van der Waals surface area (Å²) in [5.74, 6) is -0.788. The molecule has 4 heteroatoms. The van der Waals surface area contributed by atoms with Crippen LogP contribution >= 0.6 is 0 Å². The summed E-state index contributed by atoms with van der Waals surface area (Å²) < 4.78 is 18.0. The highest BCUT2D eigenvalue weighted by atomic mass is 19.1. The number of esters is 1. The van der Waals surface area contributed by atoms with Crippen LogP contribution < -0.4 is 5.32 Å². The Hall–Kier alpha value is -1.42. The fourth-order valence-electron chi connectivity index (χ4n) is 1.57. The van der Waals surface area contributed by atoms with Crippen LogP contribution in [0, 0.1) is 5.82 Å². The summed E-state index contributed by atoms with van der Waals surface area (Å²) in [6.07, 6.45) is 2.22. The van der Waals surface area contributed by atoms with Gasteiger partial charge in [-0.15, -0.1) is 0 Å². The van der Waals surface area contributed by atoms with Gasteiger partial charge in [-0.05, 0) is 51.1 Å². The van der Waals surface area contributed by atoms with E-state index in [2.05, 4.69) is 12.2 Å². The van der Waals surface area contributed by atoms with E-state index in [1.54, 1.807) is 0 Å². The average Bonchev–Trinajstić information content (AvgIpc) is 2.37. The lowest BCUT2D eigenvalue weighted by Crippen LogP contribution is -2.44. The van der Waals surface area contributed by atoms with E-state index in [0.717, 1.165) is 19.4 Å². The molecule has 0 amide bonds. The van der Waals surface area contributed by atoms with E-state index in [9.17, 15) is 9.18 Å². The zero-order chi connectivity index (χ0) is 14.3. The van der Waals surface area contributed by atoms with Gasteiger partial charge in [0, 0.05) is 5.54 Å². The lowest BCUT2D eigenvalue weighted by molar-refractivity contribution is 0.0400. The van der Waals surface area contributed by atoms with Crippen molar-refractivity contribution in [2.45, 2.75) is 39.2 Å². The third-order valence-electron chi connectivity index (χ3n) is 2.78. The van der Waals surface area contributed by atoms with Crippen LogP contribution in [0.3, 0.4) is 0 Å². The van der Waals surface area contributed by atoms with E-state index >= 15 is 0 Å². The summed E-state index contributed by atoms with van der Waals surface area (Å²) in [6.45, 7) is 7.29. The maximum Gasteiger partial charge on any atom is 0.338 e. The van der Waals surface area contributed by atoms with Gasteiger partial charge in [0.05, 0.1) is 5.56 Å². The Morgan fingerprint density at radius 1 is 1.32 bits per heavy atom. The van der Waals surface area contributed by atoms with Crippen LogP contribution in [-0.2, 0) is 4.74 Å². The Balaban J connectivity index is 2.42. The molecule has 0 spiro atoms. The second-order valence-corrected chi connectivity index (χ2v) is 5.25. The molecule has 1 aromatic rings. The van der Waals surface area contributed by atoms with Crippen LogP contribution in [0.25, 0.3) is 0 Å². The van der Waals surface area contributed by atoms with E-state index in [-0.39, 0.29) is 18.0 Å². The van der Waals surface area contributed by atoms with Gasteiger partial charge in [-0.25, -0.2) is 9.18 Å². The second kappa shape index (κ2) is 7.24. The molecule has 0 aliphatic rings. The van der Waals surface area contributed by atoms with Gasteiger partial charge in [-0.1, -0.05) is 13.3 Å². The van der Waals surface area contributed by atoms with E-state index in [4.69, 9.17) is 4.74 Å². The quantitative estimate of drug-likeness (QED) is 0.609. The van der Waals surface area contributed by atoms with Crippen LogP contribution in [0.1, 0.15) is 44.0 Å². The Kier molecular flexibility index (Phi) is 5.96. The Bertz CT molecular complexity index is 401. The van der Waals surface area contributed by atoms with Crippen LogP contribution in [0.5, 0.6) is 0 Å². The zero-order valence-corrected chi connectivity index (χ0v) is 11.8. The fourth-order valence-corrected chi connectivity index (χ4v) is 1.57. The predicted octanol–water partition coefficient (Wildman–Crippen LogP) is 3.15. The van der Waals surface area contributed by atoms with Gasteiger partial charge >= 0.3 is 5.97 Å². The van der Waals surface area contributed by atoms with Crippen molar-refractivity contribution in [2.24, 2.45) is 0 Å². The Morgan fingerprint density at radius 2 is 1.95 bits per heavy atom. The molecule has 0 heterocycles. The zero-order valence-electron chi connectivity index (χ0n) is 11.8. The van der Waals surface area contributed by atoms with Gasteiger partial charge in [-0.2, -0.15) is 0 Å². The molecule has 3 nitrogen and oxygen atoms in total. The molecule has 0 aromatic heterocycles. The first kappa shape index (κ1) is 15.6. The van der Waals surface area contributed by atoms with Crippen molar-refractivity contribution in [1.82, 2.24) is 5.32 Å². The standard InChI is InChI=1S/C15H22FNO2/c1-4-5-10-17-15(2,3)11-19-14(18)12-6-8-13(16)9-7-12/h6-9,17H,4-5,10-11H2,1-3H3. The van der Waals surface area contributed by atoms with Gasteiger partial charge in [-0.3, -0.25) is 0 Å². The first-order valence-corrected chi connectivity index (χ1v) is 6.62. The first-order chi connectivity index (χ1) is 8.94. The minimum Gasteiger partial charge on any atom is -0.460 e. The van der Waals surface area contributed by atoms with Crippen molar-refractivity contribution in [1.29, 1.82) is 0 Å². The highest BCUT2D eigenvalue weighted by molar-refractivity contribution is 5.89. The maximum atomic E-state index is 12.7. The second-order valence-electron chi connectivity index (χ2n) is 5.25. The summed E-state index contributed by atoms with van der Waals surface area (Å²) in [7, 11) is 0. The number of unbranched alkanes of at least 4 members (excludes halogenated alkanes) is 1.